The molecule has 2 aliphatic rings. The van der Waals surface area contributed by atoms with Crippen molar-refractivity contribution < 1.29 is 18.7 Å². The minimum absolute atomic E-state index is 0.00502. The number of anilines is 3. The number of hydrogen-bond acceptors (Lipinski definition) is 8. The maximum absolute atomic E-state index is 13.7. The van der Waals surface area contributed by atoms with Crippen LogP contribution in [0.2, 0.25) is 5.02 Å². The zero-order valence-electron chi connectivity index (χ0n) is 23.1. The van der Waals surface area contributed by atoms with Gasteiger partial charge in [-0.1, -0.05) is 24.1 Å². The number of amides is 1. The summed E-state index contributed by atoms with van der Waals surface area (Å²) >= 11 is 5.97. The van der Waals surface area contributed by atoms with Crippen LogP contribution in [0.3, 0.4) is 0 Å². The van der Waals surface area contributed by atoms with Crippen LogP contribution in [-0.2, 0) is 9.53 Å². The standard InChI is InChI=1S/C30H36ClFN6O3/c31-24-18-22(7-8-25(24)32)35-30-23-19-27(36-29(39)6-4-11-37-9-2-1-3-10-37)28(20-26(23)33-21-34-30)41-15-5-12-38-13-16-40-17-14-38/h4,6-8,18-21H,1-3,5,9-17H2,(H,36,39)(H,33,34,35). The maximum atomic E-state index is 13.7. The number of carbonyl (C=O) groups is 1. The molecule has 0 spiro atoms. The average Bonchev–Trinajstić information content (AvgIpc) is 2.99. The predicted molar refractivity (Wildman–Crippen MR) is 160 cm³/mol. The highest BCUT2D eigenvalue weighted by Crippen LogP contribution is 2.34. The van der Waals surface area contributed by atoms with Gasteiger partial charge in [0.2, 0.25) is 5.91 Å². The molecule has 3 heterocycles. The molecule has 1 amide bonds. The number of carbonyl (C=O) groups excluding carboxylic acids is 1. The maximum Gasteiger partial charge on any atom is 0.248 e. The number of aromatic nitrogens is 2. The molecule has 11 heteroatoms. The predicted octanol–water partition coefficient (Wildman–Crippen LogP) is 5.25. The Morgan fingerprint density at radius 3 is 2.71 bits per heavy atom. The fourth-order valence-corrected chi connectivity index (χ4v) is 5.21. The molecule has 5 rings (SSSR count). The van der Waals surface area contributed by atoms with Crippen LogP contribution in [0.5, 0.6) is 5.75 Å². The zero-order valence-corrected chi connectivity index (χ0v) is 23.8. The Morgan fingerprint density at radius 1 is 1.07 bits per heavy atom. The summed E-state index contributed by atoms with van der Waals surface area (Å²) in [6, 6.07) is 7.97. The molecule has 2 saturated heterocycles. The number of rotatable bonds is 11. The molecule has 0 unspecified atom stereocenters. The molecule has 0 atom stereocenters. The molecular formula is C30H36ClFN6O3. The number of halogens is 2. The summed E-state index contributed by atoms with van der Waals surface area (Å²) in [6.07, 6.45) is 9.42. The van der Waals surface area contributed by atoms with E-state index in [-0.39, 0.29) is 10.9 Å². The summed E-state index contributed by atoms with van der Waals surface area (Å²) in [4.78, 5) is 26.5. The molecule has 2 fully saturated rings. The molecule has 218 valence electrons. The SMILES string of the molecule is O=C(C=CCN1CCCCC1)Nc1cc2c(Nc3ccc(F)c(Cl)c3)ncnc2cc1OCCCN1CCOCC1. The minimum atomic E-state index is -0.501. The Labute approximate surface area is 244 Å². The normalized spacial score (nSPS) is 16.7. The van der Waals surface area contributed by atoms with Crippen molar-refractivity contribution >= 4 is 45.6 Å². The quantitative estimate of drug-likeness (QED) is 0.234. The topological polar surface area (TPSA) is 91.9 Å². The van der Waals surface area contributed by atoms with E-state index in [1.54, 1.807) is 18.2 Å². The number of piperidine rings is 1. The lowest BCUT2D eigenvalue weighted by atomic mass is 10.1. The fraction of sp³-hybridized carbons (Fsp3) is 0.433. The number of likely N-dealkylation sites (tertiary alicyclic amines) is 1. The van der Waals surface area contributed by atoms with Crippen molar-refractivity contribution in [2.45, 2.75) is 25.7 Å². The van der Waals surface area contributed by atoms with Crippen molar-refractivity contribution in [3.05, 3.63) is 59.7 Å². The van der Waals surface area contributed by atoms with E-state index in [4.69, 9.17) is 21.1 Å². The smallest absolute Gasteiger partial charge is 0.248 e. The van der Waals surface area contributed by atoms with E-state index < -0.39 is 5.82 Å². The Bertz CT molecular complexity index is 1360. The van der Waals surface area contributed by atoms with Crippen LogP contribution in [-0.4, -0.2) is 84.8 Å². The number of hydrogen-bond donors (Lipinski definition) is 2. The van der Waals surface area contributed by atoms with Crippen LogP contribution in [0.15, 0.2) is 48.8 Å². The zero-order chi connectivity index (χ0) is 28.4. The van der Waals surface area contributed by atoms with Gasteiger partial charge in [-0.25, -0.2) is 14.4 Å². The molecule has 0 radical (unpaired) electrons. The number of morpholine rings is 1. The van der Waals surface area contributed by atoms with E-state index in [2.05, 4.69) is 30.4 Å². The van der Waals surface area contributed by atoms with Gasteiger partial charge in [-0.2, -0.15) is 0 Å². The van der Waals surface area contributed by atoms with E-state index in [0.29, 0.717) is 40.5 Å². The number of nitrogens with zero attached hydrogens (tertiary/aromatic N) is 4. The number of nitrogens with one attached hydrogen (secondary N) is 2. The molecule has 2 N–H and O–H groups in total. The van der Waals surface area contributed by atoms with Gasteiger partial charge in [0, 0.05) is 49.4 Å². The summed E-state index contributed by atoms with van der Waals surface area (Å²) in [7, 11) is 0. The van der Waals surface area contributed by atoms with Crippen molar-refractivity contribution in [3.63, 3.8) is 0 Å². The van der Waals surface area contributed by atoms with Gasteiger partial charge >= 0.3 is 0 Å². The van der Waals surface area contributed by atoms with E-state index in [0.717, 1.165) is 58.9 Å². The first-order valence-electron chi connectivity index (χ1n) is 14.2. The largest absolute Gasteiger partial charge is 0.491 e. The van der Waals surface area contributed by atoms with Crippen LogP contribution in [0, 0.1) is 5.82 Å². The molecule has 1 aromatic heterocycles. The Hall–Kier alpha value is -3.31. The highest BCUT2D eigenvalue weighted by atomic mass is 35.5. The van der Waals surface area contributed by atoms with E-state index in [1.165, 1.54) is 37.7 Å². The third-order valence-electron chi connectivity index (χ3n) is 7.24. The monoisotopic (exact) mass is 582 g/mol. The number of ether oxygens (including phenoxy) is 2. The Balaban J connectivity index is 1.33. The molecule has 2 aromatic carbocycles. The summed E-state index contributed by atoms with van der Waals surface area (Å²) in [5.41, 5.74) is 1.73. The summed E-state index contributed by atoms with van der Waals surface area (Å²) in [5.74, 6) is 0.286. The van der Waals surface area contributed by atoms with Gasteiger partial charge < -0.3 is 20.1 Å². The van der Waals surface area contributed by atoms with Crippen molar-refractivity contribution in [2.75, 3.05) is 69.7 Å². The van der Waals surface area contributed by atoms with E-state index in [1.807, 2.05) is 12.1 Å². The molecule has 2 aliphatic heterocycles. The minimum Gasteiger partial charge on any atom is -0.491 e. The second kappa shape index (κ2) is 14.5. The first kappa shape index (κ1) is 29.2. The molecule has 0 saturated carbocycles. The third-order valence-corrected chi connectivity index (χ3v) is 7.53. The number of benzene rings is 2. The summed E-state index contributed by atoms with van der Waals surface area (Å²) < 4.78 is 25.3. The van der Waals surface area contributed by atoms with Crippen LogP contribution < -0.4 is 15.4 Å². The average molecular weight is 583 g/mol. The van der Waals surface area contributed by atoms with Gasteiger partial charge in [0.05, 0.1) is 36.0 Å². The van der Waals surface area contributed by atoms with Crippen LogP contribution in [0.1, 0.15) is 25.7 Å². The van der Waals surface area contributed by atoms with Crippen molar-refractivity contribution in [1.82, 2.24) is 19.8 Å². The van der Waals surface area contributed by atoms with Crippen molar-refractivity contribution in [2.24, 2.45) is 0 Å². The second-order valence-corrected chi connectivity index (χ2v) is 10.7. The van der Waals surface area contributed by atoms with Crippen LogP contribution in [0.4, 0.5) is 21.6 Å². The lowest BCUT2D eigenvalue weighted by molar-refractivity contribution is -0.111. The van der Waals surface area contributed by atoms with Gasteiger partial charge in [-0.15, -0.1) is 0 Å². The number of fused-ring (bicyclic) bond motifs is 1. The summed E-state index contributed by atoms with van der Waals surface area (Å²) in [6.45, 7) is 7.63. The van der Waals surface area contributed by atoms with Crippen LogP contribution >= 0.6 is 11.6 Å². The lowest BCUT2D eigenvalue weighted by Crippen LogP contribution is -2.37. The molecular weight excluding hydrogens is 547 g/mol. The van der Waals surface area contributed by atoms with E-state index in [9.17, 15) is 9.18 Å². The molecule has 3 aromatic rings. The second-order valence-electron chi connectivity index (χ2n) is 10.3. The highest BCUT2D eigenvalue weighted by Gasteiger charge is 2.15. The first-order valence-corrected chi connectivity index (χ1v) is 14.6. The fourth-order valence-electron chi connectivity index (χ4n) is 5.03. The molecule has 9 nitrogen and oxygen atoms in total. The molecule has 41 heavy (non-hydrogen) atoms. The lowest BCUT2D eigenvalue weighted by Gasteiger charge is -2.26. The van der Waals surface area contributed by atoms with Crippen molar-refractivity contribution in [3.8, 4) is 5.75 Å². The van der Waals surface area contributed by atoms with Gasteiger partial charge in [0.15, 0.2) is 0 Å². The first-order chi connectivity index (χ1) is 20.0. The summed E-state index contributed by atoms with van der Waals surface area (Å²) in [5, 5.41) is 6.84. The van der Waals surface area contributed by atoms with E-state index >= 15 is 0 Å². The van der Waals surface area contributed by atoms with Crippen molar-refractivity contribution in [1.29, 1.82) is 0 Å². The van der Waals surface area contributed by atoms with Gasteiger partial charge in [-0.3, -0.25) is 14.6 Å². The van der Waals surface area contributed by atoms with Crippen LogP contribution in [0.25, 0.3) is 10.9 Å². The third kappa shape index (κ3) is 8.36. The molecule has 0 bridgehead atoms. The highest BCUT2D eigenvalue weighted by molar-refractivity contribution is 6.31. The van der Waals surface area contributed by atoms with Gasteiger partial charge in [0.1, 0.15) is 23.7 Å². The Kier molecular flexibility index (Phi) is 10.4. The molecule has 0 aliphatic carbocycles. The van der Waals surface area contributed by atoms with Gasteiger partial charge in [-0.05, 0) is 56.6 Å². The Morgan fingerprint density at radius 2 is 1.90 bits per heavy atom. The van der Waals surface area contributed by atoms with Gasteiger partial charge in [0.25, 0.3) is 0 Å².